The van der Waals surface area contributed by atoms with Crippen LogP contribution in [0.15, 0.2) is 18.2 Å². The molecule has 2 N–H and O–H groups in total. The third-order valence-corrected chi connectivity index (χ3v) is 3.37. The summed E-state index contributed by atoms with van der Waals surface area (Å²) in [6, 6.07) is 4.98. The number of nitrogens with zero attached hydrogens (tertiary/aromatic N) is 2. The number of nitrogens with one attached hydrogen (secondary N) is 1. The molecule has 5 heteroatoms. The fraction of sp³-hybridized carbons (Fsp3) is 0.385. The van der Waals surface area contributed by atoms with E-state index in [0.717, 1.165) is 30.1 Å². The number of aromatic nitrogens is 2. The van der Waals surface area contributed by atoms with Gasteiger partial charge in [0.1, 0.15) is 0 Å². The number of aromatic amines is 1. The Labute approximate surface area is 104 Å². The van der Waals surface area contributed by atoms with E-state index >= 15 is 0 Å². The van der Waals surface area contributed by atoms with Crippen LogP contribution in [0.5, 0.6) is 0 Å². The lowest BCUT2D eigenvalue weighted by Crippen LogP contribution is -2.30. The van der Waals surface area contributed by atoms with Crippen LogP contribution in [0, 0.1) is 0 Å². The predicted octanol–water partition coefficient (Wildman–Crippen LogP) is 2.25. The third kappa shape index (κ3) is 1.92. The minimum Gasteiger partial charge on any atom is -0.478 e. The predicted molar refractivity (Wildman–Crippen MR) is 69.1 cm³/mol. The molecule has 0 radical (unpaired) electrons. The normalized spacial score (nSPS) is 16.1. The van der Waals surface area contributed by atoms with Gasteiger partial charge in [-0.25, -0.2) is 9.78 Å². The molecule has 0 bridgehead atoms. The summed E-state index contributed by atoms with van der Waals surface area (Å²) in [6.45, 7) is 2.04. The number of carboxylic acid groups (broad SMARTS) is 1. The van der Waals surface area contributed by atoms with Crippen molar-refractivity contribution in [1.29, 1.82) is 0 Å². The van der Waals surface area contributed by atoms with Gasteiger partial charge in [-0.05, 0) is 37.5 Å². The molecule has 2 heterocycles. The number of benzene rings is 1. The van der Waals surface area contributed by atoms with Crippen LogP contribution in [0.4, 0.5) is 5.95 Å². The van der Waals surface area contributed by atoms with E-state index in [-0.39, 0.29) is 5.56 Å². The van der Waals surface area contributed by atoms with Gasteiger partial charge in [-0.2, -0.15) is 0 Å². The largest absolute Gasteiger partial charge is 0.478 e. The van der Waals surface area contributed by atoms with Crippen molar-refractivity contribution in [3.63, 3.8) is 0 Å². The van der Waals surface area contributed by atoms with Gasteiger partial charge < -0.3 is 15.0 Å². The van der Waals surface area contributed by atoms with Crippen LogP contribution in [-0.4, -0.2) is 34.1 Å². The van der Waals surface area contributed by atoms with Gasteiger partial charge in [0.2, 0.25) is 5.95 Å². The van der Waals surface area contributed by atoms with Gasteiger partial charge >= 0.3 is 5.97 Å². The molecule has 1 aromatic heterocycles. The first kappa shape index (κ1) is 11.1. The fourth-order valence-electron chi connectivity index (χ4n) is 2.38. The number of imidazole rings is 1. The summed E-state index contributed by atoms with van der Waals surface area (Å²) in [7, 11) is 0. The van der Waals surface area contributed by atoms with E-state index in [9.17, 15) is 4.79 Å². The fourth-order valence-corrected chi connectivity index (χ4v) is 2.38. The van der Waals surface area contributed by atoms with Crippen molar-refractivity contribution in [2.24, 2.45) is 0 Å². The van der Waals surface area contributed by atoms with Crippen LogP contribution in [0.2, 0.25) is 0 Å². The number of H-pyrrole nitrogens is 1. The topological polar surface area (TPSA) is 69.2 Å². The SMILES string of the molecule is O=C(O)c1ccc2nc(N3CCCCC3)[nH]c2c1. The minimum absolute atomic E-state index is 0.288. The molecule has 0 unspecified atom stereocenters. The van der Waals surface area contributed by atoms with Crippen molar-refractivity contribution in [1.82, 2.24) is 9.97 Å². The molecule has 5 nitrogen and oxygen atoms in total. The Morgan fingerprint density at radius 3 is 2.78 bits per heavy atom. The maximum atomic E-state index is 10.9. The molecule has 0 spiro atoms. The van der Waals surface area contributed by atoms with Gasteiger partial charge in [-0.3, -0.25) is 0 Å². The average Bonchev–Trinajstić information content (AvgIpc) is 2.82. The number of carboxylic acids is 1. The average molecular weight is 245 g/mol. The van der Waals surface area contributed by atoms with E-state index in [0.29, 0.717) is 0 Å². The number of aromatic carboxylic acids is 1. The summed E-state index contributed by atoms with van der Waals surface area (Å²) in [5, 5.41) is 8.96. The molecule has 1 fully saturated rings. The van der Waals surface area contributed by atoms with E-state index in [1.165, 1.54) is 19.3 Å². The van der Waals surface area contributed by atoms with E-state index in [2.05, 4.69) is 14.9 Å². The molecule has 94 valence electrons. The Hall–Kier alpha value is -2.04. The van der Waals surface area contributed by atoms with Crippen molar-refractivity contribution < 1.29 is 9.90 Å². The molecular formula is C13H15N3O2. The molecule has 1 saturated heterocycles. The summed E-state index contributed by atoms with van der Waals surface area (Å²) in [6.07, 6.45) is 3.66. The van der Waals surface area contributed by atoms with Crippen LogP contribution in [0.1, 0.15) is 29.6 Å². The number of piperidine rings is 1. The Balaban J connectivity index is 1.97. The lowest BCUT2D eigenvalue weighted by molar-refractivity contribution is 0.0697. The Kier molecular flexibility index (Phi) is 2.66. The second-order valence-electron chi connectivity index (χ2n) is 4.65. The summed E-state index contributed by atoms with van der Waals surface area (Å²) < 4.78 is 0. The van der Waals surface area contributed by atoms with Crippen LogP contribution in [-0.2, 0) is 0 Å². The molecule has 0 atom stereocenters. The summed E-state index contributed by atoms with van der Waals surface area (Å²) in [5.41, 5.74) is 1.90. The molecule has 0 amide bonds. The smallest absolute Gasteiger partial charge is 0.335 e. The number of fused-ring (bicyclic) bond motifs is 1. The van der Waals surface area contributed by atoms with Crippen molar-refractivity contribution in [2.45, 2.75) is 19.3 Å². The highest BCUT2D eigenvalue weighted by Gasteiger charge is 2.15. The van der Waals surface area contributed by atoms with Crippen molar-refractivity contribution >= 4 is 23.0 Å². The molecular weight excluding hydrogens is 230 g/mol. The Bertz CT molecular complexity index is 585. The zero-order chi connectivity index (χ0) is 12.5. The minimum atomic E-state index is -0.911. The summed E-state index contributed by atoms with van der Waals surface area (Å²) >= 11 is 0. The Morgan fingerprint density at radius 1 is 1.28 bits per heavy atom. The van der Waals surface area contributed by atoms with Gasteiger partial charge in [0.15, 0.2) is 0 Å². The Morgan fingerprint density at radius 2 is 2.06 bits per heavy atom. The zero-order valence-corrected chi connectivity index (χ0v) is 10.0. The maximum Gasteiger partial charge on any atom is 0.335 e. The molecule has 18 heavy (non-hydrogen) atoms. The molecule has 3 rings (SSSR count). The molecule has 1 aliphatic rings. The second kappa shape index (κ2) is 4.33. The lowest BCUT2D eigenvalue weighted by Gasteiger charge is -2.25. The van der Waals surface area contributed by atoms with Crippen LogP contribution in [0.3, 0.4) is 0 Å². The number of rotatable bonds is 2. The highest BCUT2D eigenvalue weighted by atomic mass is 16.4. The summed E-state index contributed by atoms with van der Waals surface area (Å²) in [5.74, 6) is -0.0572. The van der Waals surface area contributed by atoms with Crippen molar-refractivity contribution in [2.75, 3.05) is 18.0 Å². The van der Waals surface area contributed by atoms with E-state index in [1.807, 2.05) is 0 Å². The van der Waals surface area contributed by atoms with Gasteiger partial charge in [0.05, 0.1) is 16.6 Å². The second-order valence-corrected chi connectivity index (χ2v) is 4.65. The molecule has 1 aromatic carbocycles. The maximum absolute atomic E-state index is 10.9. The van der Waals surface area contributed by atoms with Crippen LogP contribution < -0.4 is 4.90 Å². The van der Waals surface area contributed by atoms with Crippen molar-refractivity contribution in [3.05, 3.63) is 23.8 Å². The number of hydrogen-bond acceptors (Lipinski definition) is 3. The van der Waals surface area contributed by atoms with Crippen LogP contribution in [0.25, 0.3) is 11.0 Å². The van der Waals surface area contributed by atoms with Crippen LogP contribution >= 0.6 is 0 Å². The van der Waals surface area contributed by atoms with Gasteiger partial charge in [0, 0.05) is 13.1 Å². The molecule has 1 aliphatic heterocycles. The van der Waals surface area contributed by atoms with E-state index in [1.54, 1.807) is 18.2 Å². The first-order chi connectivity index (χ1) is 8.74. The van der Waals surface area contributed by atoms with Gasteiger partial charge in [0.25, 0.3) is 0 Å². The van der Waals surface area contributed by atoms with Crippen molar-refractivity contribution in [3.8, 4) is 0 Å². The monoisotopic (exact) mass is 245 g/mol. The van der Waals surface area contributed by atoms with E-state index < -0.39 is 5.97 Å². The first-order valence-corrected chi connectivity index (χ1v) is 6.22. The first-order valence-electron chi connectivity index (χ1n) is 6.22. The standard InChI is InChI=1S/C13H15N3O2/c17-12(18)9-4-5-10-11(8-9)15-13(14-10)16-6-2-1-3-7-16/h4-5,8H,1-3,6-7H2,(H,14,15)(H,17,18). The van der Waals surface area contributed by atoms with E-state index in [4.69, 9.17) is 5.11 Å². The third-order valence-electron chi connectivity index (χ3n) is 3.37. The molecule has 0 saturated carbocycles. The highest BCUT2D eigenvalue weighted by Crippen LogP contribution is 2.21. The number of hydrogen-bond donors (Lipinski definition) is 2. The number of carbonyl (C=O) groups is 1. The number of anilines is 1. The van der Waals surface area contributed by atoms with Gasteiger partial charge in [-0.15, -0.1) is 0 Å². The summed E-state index contributed by atoms with van der Waals surface area (Å²) in [4.78, 5) is 20.9. The zero-order valence-electron chi connectivity index (χ0n) is 10.0. The quantitative estimate of drug-likeness (QED) is 0.851. The molecule has 0 aliphatic carbocycles. The van der Waals surface area contributed by atoms with Gasteiger partial charge in [-0.1, -0.05) is 0 Å². The highest BCUT2D eigenvalue weighted by molar-refractivity contribution is 5.92. The lowest BCUT2D eigenvalue weighted by atomic mass is 10.1. The molecule has 2 aromatic rings.